The highest BCUT2D eigenvalue weighted by atomic mass is 19.4. The SMILES string of the molecule is CCOc1cc(C2(Cc3nncn3C)COC2)cc(N2Cc3c(cc(CN4CCC(F)(F)C(C)C4)cc3C(F)(F)F)C2=O)n1. The minimum atomic E-state index is -4.73. The van der Waals surface area contributed by atoms with Crippen LogP contribution in [0.1, 0.15) is 58.7 Å². The molecule has 9 nitrogen and oxygen atoms in total. The Morgan fingerprint density at radius 2 is 1.93 bits per heavy atom. The summed E-state index contributed by atoms with van der Waals surface area (Å²) in [6, 6.07) is 5.95. The van der Waals surface area contributed by atoms with Crippen LogP contribution < -0.4 is 9.64 Å². The van der Waals surface area contributed by atoms with Crippen molar-refractivity contribution in [1.82, 2.24) is 24.6 Å². The van der Waals surface area contributed by atoms with E-state index in [-0.39, 0.29) is 61.0 Å². The second-order valence-corrected chi connectivity index (χ2v) is 12.0. The zero-order valence-corrected chi connectivity index (χ0v) is 24.6. The van der Waals surface area contributed by atoms with Gasteiger partial charge < -0.3 is 14.0 Å². The number of aryl methyl sites for hydroxylation is 1. The molecule has 0 bridgehead atoms. The molecular formula is C30H33F5N6O3. The molecule has 236 valence electrons. The Morgan fingerprint density at radius 3 is 2.55 bits per heavy atom. The van der Waals surface area contributed by atoms with Crippen LogP contribution in [0.4, 0.5) is 27.8 Å². The first-order valence-corrected chi connectivity index (χ1v) is 14.5. The Hall–Kier alpha value is -3.65. The van der Waals surface area contributed by atoms with Crippen molar-refractivity contribution in [3.8, 4) is 5.88 Å². The van der Waals surface area contributed by atoms with E-state index in [9.17, 15) is 26.7 Å². The number of alkyl halides is 5. The minimum absolute atomic E-state index is 0.0247. The second-order valence-electron chi connectivity index (χ2n) is 12.0. The number of carbonyl (C=O) groups excluding carboxylic acids is 1. The van der Waals surface area contributed by atoms with Gasteiger partial charge in [0.1, 0.15) is 18.0 Å². The smallest absolute Gasteiger partial charge is 0.416 e. The third-order valence-electron chi connectivity index (χ3n) is 8.86. The van der Waals surface area contributed by atoms with Gasteiger partial charge in [-0.1, -0.05) is 6.92 Å². The van der Waals surface area contributed by atoms with E-state index in [2.05, 4.69) is 15.2 Å². The molecule has 2 fully saturated rings. The lowest BCUT2D eigenvalue weighted by molar-refractivity contribution is -0.138. The van der Waals surface area contributed by atoms with E-state index in [1.54, 1.807) is 34.9 Å². The number of amides is 1. The van der Waals surface area contributed by atoms with E-state index in [0.717, 1.165) is 17.5 Å². The van der Waals surface area contributed by atoms with Crippen LogP contribution in [0, 0.1) is 5.92 Å². The Labute approximate surface area is 251 Å². The van der Waals surface area contributed by atoms with E-state index >= 15 is 0 Å². The summed E-state index contributed by atoms with van der Waals surface area (Å²) in [7, 11) is 1.83. The van der Waals surface area contributed by atoms with E-state index in [4.69, 9.17) is 9.47 Å². The molecule has 0 radical (unpaired) electrons. The zero-order chi connectivity index (χ0) is 31.4. The monoisotopic (exact) mass is 620 g/mol. The van der Waals surface area contributed by atoms with Gasteiger partial charge in [0.05, 0.1) is 31.9 Å². The molecule has 1 aromatic carbocycles. The van der Waals surface area contributed by atoms with Gasteiger partial charge in [-0.05, 0) is 41.8 Å². The summed E-state index contributed by atoms with van der Waals surface area (Å²) in [5, 5.41) is 8.15. The zero-order valence-electron chi connectivity index (χ0n) is 24.6. The molecule has 1 amide bonds. The fraction of sp³-hybridized carbons (Fsp3) is 0.533. The number of carbonyl (C=O) groups is 1. The molecule has 2 aromatic heterocycles. The van der Waals surface area contributed by atoms with E-state index in [0.29, 0.717) is 26.2 Å². The second kappa shape index (κ2) is 11.1. The summed E-state index contributed by atoms with van der Waals surface area (Å²) in [4.78, 5) is 21.2. The molecule has 0 N–H and O–H groups in total. The van der Waals surface area contributed by atoms with Crippen molar-refractivity contribution >= 4 is 11.7 Å². The number of likely N-dealkylation sites (tertiary alicyclic amines) is 1. The molecule has 5 heterocycles. The normalized spacial score (nSPS) is 21.3. The summed E-state index contributed by atoms with van der Waals surface area (Å²) in [6.07, 6.45) is -3.02. The van der Waals surface area contributed by atoms with E-state index in [1.165, 1.54) is 17.9 Å². The van der Waals surface area contributed by atoms with Gasteiger partial charge in [-0.15, -0.1) is 10.2 Å². The van der Waals surface area contributed by atoms with Gasteiger partial charge in [0.15, 0.2) is 0 Å². The maximum absolute atomic E-state index is 14.4. The predicted octanol–water partition coefficient (Wildman–Crippen LogP) is 4.78. The topological polar surface area (TPSA) is 85.6 Å². The van der Waals surface area contributed by atoms with Gasteiger partial charge in [-0.25, -0.2) is 8.78 Å². The first kappa shape index (κ1) is 30.4. The number of ether oxygens (including phenoxy) is 2. The van der Waals surface area contributed by atoms with Crippen molar-refractivity contribution in [2.24, 2.45) is 13.0 Å². The average Bonchev–Trinajstić information content (AvgIpc) is 3.49. The number of benzene rings is 1. The molecule has 0 spiro atoms. The lowest BCUT2D eigenvalue weighted by Gasteiger charge is -2.42. The van der Waals surface area contributed by atoms with Crippen LogP contribution in [-0.2, 0) is 42.9 Å². The number of nitrogens with zero attached hydrogens (tertiary/aromatic N) is 6. The molecule has 44 heavy (non-hydrogen) atoms. The van der Waals surface area contributed by atoms with Crippen LogP contribution >= 0.6 is 0 Å². The van der Waals surface area contributed by atoms with Crippen LogP contribution in [0.25, 0.3) is 0 Å². The van der Waals surface area contributed by atoms with Gasteiger partial charge in [0.25, 0.3) is 11.8 Å². The average molecular weight is 621 g/mol. The van der Waals surface area contributed by atoms with Crippen molar-refractivity contribution in [1.29, 1.82) is 0 Å². The number of rotatable bonds is 8. The highest BCUT2D eigenvalue weighted by Gasteiger charge is 2.45. The lowest BCUT2D eigenvalue weighted by atomic mass is 9.75. The van der Waals surface area contributed by atoms with Crippen LogP contribution in [0.2, 0.25) is 0 Å². The number of hydrogen-bond acceptors (Lipinski definition) is 7. The molecule has 1 atom stereocenters. The van der Waals surface area contributed by atoms with E-state index < -0.39 is 34.9 Å². The number of aromatic nitrogens is 4. The Bertz CT molecular complexity index is 1570. The lowest BCUT2D eigenvalue weighted by Crippen LogP contribution is -2.49. The van der Waals surface area contributed by atoms with Gasteiger partial charge >= 0.3 is 6.18 Å². The molecule has 14 heteroatoms. The maximum Gasteiger partial charge on any atom is 0.416 e. The summed E-state index contributed by atoms with van der Waals surface area (Å²) >= 11 is 0. The highest BCUT2D eigenvalue weighted by molar-refractivity contribution is 6.10. The number of hydrogen-bond donors (Lipinski definition) is 0. The standard InChI is InChI=1S/C30H33F5N6O3/c1-4-44-26-10-20(28(15-43-16-28)11-25-38-36-17-39(25)3)9-24(37-26)41-14-22-21(27(41)42)7-19(8-23(22)30(33,34)35)13-40-6-5-29(31,32)18(2)12-40/h7-10,17-18H,4-6,11-16H2,1-3H3. The Kier molecular flexibility index (Phi) is 7.63. The molecular weight excluding hydrogens is 587 g/mol. The number of pyridine rings is 1. The third kappa shape index (κ3) is 5.53. The molecule has 3 aliphatic rings. The molecule has 0 aliphatic carbocycles. The van der Waals surface area contributed by atoms with Crippen LogP contribution in [0.5, 0.6) is 5.88 Å². The minimum Gasteiger partial charge on any atom is -0.478 e. The number of piperidine rings is 1. The van der Waals surface area contributed by atoms with Gasteiger partial charge in [0, 0.05) is 62.5 Å². The molecule has 0 saturated carbocycles. The van der Waals surface area contributed by atoms with Crippen LogP contribution in [-0.4, -0.2) is 69.4 Å². The third-order valence-corrected chi connectivity index (χ3v) is 8.86. The van der Waals surface area contributed by atoms with Crippen LogP contribution in [0.15, 0.2) is 30.6 Å². The largest absolute Gasteiger partial charge is 0.478 e. The van der Waals surface area contributed by atoms with Crippen molar-refractivity contribution in [2.45, 2.75) is 57.3 Å². The predicted molar refractivity (Wildman–Crippen MR) is 149 cm³/mol. The molecule has 3 aromatic rings. The number of anilines is 1. The number of halogens is 5. The van der Waals surface area contributed by atoms with Gasteiger partial charge in [-0.3, -0.25) is 14.6 Å². The summed E-state index contributed by atoms with van der Waals surface area (Å²) in [5.74, 6) is -3.24. The quantitative estimate of drug-likeness (QED) is 0.336. The first-order valence-electron chi connectivity index (χ1n) is 14.5. The number of fused-ring (bicyclic) bond motifs is 1. The van der Waals surface area contributed by atoms with E-state index in [1.807, 2.05) is 7.05 Å². The summed E-state index contributed by atoms with van der Waals surface area (Å²) < 4.78 is 84.3. The van der Waals surface area contributed by atoms with Crippen molar-refractivity contribution in [2.75, 3.05) is 37.8 Å². The van der Waals surface area contributed by atoms with Crippen molar-refractivity contribution in [3.63, 3.8) is 0 Å². The summed E-state index contributed by atoms with van der Waals surface area (Å²) in [6.45, 7) is 4.03. The molecule has 2 saturated heterocycles. The van der Waals surface area contributed by atoms with Crippen LogP contribution in [0.3, 0.4) is 0 Å². The fourth-order valence-corrected chi connectivity index (χ4v) is 6.21. The first-order chi connectivity index (χ1) is 20.8. The van der Waals surface area contributed by atoms with Crippen molar-refractivity contribution in [3.05, 3.63) is 64.2 Å². The Balaban J connectivity index is 1.34. The molecule has 6 rings (SSSR count). The van der Waals surface area contributed by atoms with Gasteiger partial charge in [-0.2, -0.15) is 18.2 Å². The summed E-state index contributed by atoms with van der Waals surface area (Å²) in [5.41, 5.74) is -0.645. The molecule has 1 unspecified atom stereocenters. The van der Waals surface area contributed by atoms with Crippen molar-refractivity contribution < 1.29 is 36.2 Å². The van der Waals surface area contributed by atoms with Gasteiger partial charge in [0.2, 0.25) is 5.88 Å². The molecule has 3 aliphatic heterocycles. The maximum atomic E-state index is 14.4. The fourth-order valence-electron chi connectivity index (χ4n) is 6.21. The highest BCUT2D eigenvalue weighted by Crippen LogP contribution is 2.42. The Morgan fingerprint density at radius 1 is 1.16 bits per heavy atom.